The number of rotatable bonds is 1. The first kappa shape index (κ1) is 14.6. The summed E-state index contributed by atoms with van der Waals surface area (Å²) < 4.78 is 0. The first-order chi connectivity index (χ1) is 11.8. The third-order valence-corrected chi connectivity index (χ3v) is 4.60. The highest BCUT2D eigenvalue weighted by Gasteiger charge is 2.23. The number of aromatic nitrogens is 1. The van der Waals surface area contributed by atoms with Gasteiger partial charge in [0.2, 0.25) is 0 Å². The van der Waals surface area contributed by atoms with E-state index >= 15 is 0 Å². The Hall–Kier alpha value is -2.96. The van der Waals surface area contributed by atoms with Crippen molar-refractivity contribution in [2.75, 3.05) is 0 Å². The molecule has 3 nitrogen and oxygen atoms in total. The van der Waals surface area contributed by atoms with Crippen LogP contribution in [0, 0.1) is 11.3 Å². The standard InChI is InChI=1S/C21H16N2O/c22-12-16-8-4-7-15-9-17-10-18(14-5-2-1-3-6-14)13-23-21(17)20(24)11-19(15)16/h1-8,10,13,20,24H,9,11H2. The molecule has 1 aromatic heterocycles. The van der Waals surface area contributed by atoms with Crippen LogP contribution in [0.1, 0.15) is 34.1 Å². The minimum atomic E-state index is -0.680. The van der Waals surface area contributed by atoms with Gasteiger partial charge in [-0.2, -0.15) is 5.26 Å². The van der Waals surface area contributed by atoms with Gasteiger partial charge in [-0.15, -0.1) is 0 Å². The maximum Gasteiger partial charge on any atom is 0.100 e. The molecule has 0 spiro atoms. The van der Waals surface area contributed by atoms with E-state index in [1.54, 1.807) is 0 Å². The van der Waals surface area contributed by atoms with Crippen molar-refractivity contribution in [2.24, 2.45) is 0 Å². The predicted octanol–water partition coefficient (Wildman–Crippen LogP) is 3.80. The maximum atomic E-state index is 10.6. The minimum Gasteiger partial charge on any atom is -0.386 e. The van der Waals surface area contributed by atoms with Crippen LogP contribution in [0.15, 0.2) is 60.8 Å². The van der Waals surface area contributed by atoms with Crippen molar-refractivity contribution in [2.45, 2.75) is 18.9 Å². The van der Waals surface area contributed by atoms with Crippen LogP contribution >= 0.6 is 0 Å². The molecule has 1 aliphatic carbocycles. The molecule has 0 fully saturated rings. The van der Waals surface area contributed by atoms with E-state index in [1.165, 1.54) is 0 Å². The molecule has 0 bridgehead atoms. The number of nitriles is 1. The zero-order valence-electron chi connectivity index (χ0n) is 13.1. The lowest BCUT2D eigenvalue weighted by molar-refractivity contribution is 0.173. The van der Waals surface area contributed by atoms with Crippen molar-refractivity contribution in [3.8, 4) is 17.2 Å². The summed E-state index contributed by atoms with van der Waals surface area (Å²) in [5, 5.41) is 19.9. The number of fused-ring (bicyclic) bond motifs is 2. The summed E-state index contributed by atoms with van der Waals surface area (Å²) in [6.07, 6.45) is 2.26. The van der Waals surface area contributed by atoms with Crippen LogP contribution in [0.25, 0.3) is 11.1 Å². The third kappa shape index (κ3) is 2.47. The number of hydrogen-bond acceptors (Lipinski definition) is 3. The summed E-state index contributed by atoms with van der Waals surface area (Å²) in [4.78, 5) is 4.54. The van der Waals surface area contributed by atoms with Gasteiger partial charge in [0.05, 0.1) is 17.3 Å². The molecular weight excluding hydrogens is 296 g/mol. The van der Waals surface area contributed by atoms with Crippen molar-refractivity contribution >= 4 is 0 Å². The summed E-state index contributed by atoms with van der Waals surface area (Å²) in [6, 6.07) is 20.2. The molecule has 1 atom stereocenters. The molecule has 0 saturated heterocycles. The molecule has 4 rings (SSSR count). The number of pyridine rings is 1. The van der Waals surface area contributed by atoms with Crippen molar-refractivity contribution < 1.29 is 5.11 Å². The highest BCUT2D eigenvalue weighted by Crippen LogP contribution is 2.33. The largest absolute Gasteiger partial charge is 0.386 e. The van der Waals surface area contributed by atoms with E-state index in [-0.39, 0.29) is 0 Å². The smallest absolute Gasteiger partial charge is 0.100 e. The Kier molecular flexibility index (Phi) is 3.60. The highest BCUT2D eigenvalue weighted by molar-refractivity contribution is 5.64. The summed E-state index contributed by atoms with van der Waals surface area (Å²) in [5.74, 6) is 0. The van der Waals surface area contributed by atoms with E-state index in [4.69, 9.17) is 0 Å². The number of nitrogens with zero attached hydrogens (tertiary/aromatic N) is 2. The Labute approximate surface area is 140 Å². The Morgan fingerprint density at radius 2 is 1.83 bits per heavy atom. The van der Waals surface area contributed by atoms with Gasteiger partial charge >= 0.3 is 0 Å². The molecule has 1 aliphatic rings. The molecule has 24 heavy (non-hydrogen) atoms. The SMILES string of the molecule is N#Cc1cccc2c1CC(O)c1ncc(-c3ccccc3)cc1C2. The second-order valence-corrected chi connectivity index (χ2v) is 6.09. The Bertz CT molecular complexity index is 942. The predicted molar refractivity (Wildman–Crippen MR) is 92.3 cm³/mol. The molecule has 116 valence electrons. The van der Waals surface area contributed by atoms with E-state index in [9.17, 15) is 10.4 Å². The quantitative estimate of drug-likeness (QED) is 0.743. The molecular formula is C21H16N2O. The second kappa shape index (κ2) is 5.92. The fraction of sp³-hybridized carbons (Fsp3) is 0.143. The summed E-state index contributed by atoms with van der Waals surface area (Å²) in [7, 11) is 0. The molecule has 3 heteroatoms. The van der Waals surface area contributed by atoms with Gasteiger partial charge in [0, 0.05) is 18.2 Å². The van der Waals surface area contributed by atoms with Crippen LogP contribution in [0.4, 0.5) is 0 Å². The molecule has 0 aliphatic heterocycles. The van der Waals surface area contributed by atoms with Crippen molar-refractivity contribution in [3.63, 3.8) is 0 Å². The summed E-state index contributed by atoms with van der Waals surface area (Å²) >= 11 is 0. The first-order valence-electron chi connectivity index (χ1n) is 7.99. The minimum absolute atomic E-state index is 0.434. The molecule has 2 aromatic carbocycles. The van der Waals surface area contributed by atoms with Gasteiger partial charge in [0.15, 0.2) is 0 Å². The Balaban J connectivity index is 1.83. The molecule has 1 unspecified atom stereocenters. The van der Waals surface area contributed by atoms with Crippen LogP contribution in [-0.2, 0) is 12.8 Å². The van der Waals surface area contributed by atoms with E-state index in [2.05, 4.69) is 29.3 Å². The van der Waals surface area contributed by atoms with Gasteiger partial charge in [0.1, 0.15) is 6.10 Å². The monoisotopic (exact) mass is 312 g/mol. The van der Waals surface area contributed by atoms with Gasteiger partial charge in [-0.1, -0.05) is 42.5 Å². The topological polar surface area (TPSA) is 56.9 Å². The van der Waals surface area contributed by atoms with Gasteiger partial charge in [-0.25, -0.2) is 0 Å². The normalized spacial score (nSPS) is 15.8. The van der Waals surface area contributed by atoms with Crippen LogP contribution in [0.2, 0.25) is 0 Å². The summed E-state index contributed by atoms with van der Waals surface area (Å²) in [5.41, 5.74) is 6.57. The number of benzene rings is 2. The zero-order chi connectivity index (χ0) is 16.5. The average molecular weight is 312 g/mol. The van der Waals surface area contributed by atoms with Crippen LogP contribution < -0.4 is 0 Å². The first-order valence-corrected chi connectivity index (χ1v) is 7.99. The summed E-state index contributed by atoms with van der Waals surface area (Å²) in [6.45, 7) is 0. The lowest BCUT2D eigenvalue weighted by atomic mass is 9.96. The van der Waals surface area contributed by atoms with Crippen LogP contribution in [0.3, 0.4) is 0 Å². The van der Waals surface area contributed by atoms with Crippen LogP contribution in [0.5, 0.6) is 0 Å². The second-order valence-electron chi connectivity index (χ2n) is 6.09. The van der Waals surface area contributed by atoms with Gasteiger partial charge in [0.25, 0.3) is 0 Å². The fourth-order valence-electron chi connectivity index (χ4n) is 3.39. The Morgan fingerprint density at radius 1 is 1.00 bits per heavy atom. The highest BCUT2D eigenvalue weighted by atomic mass is 16.3. The van der Waals surface area contributed by atoms with E-state index < -0.39 is 6.10 Å². The Morgan fingerprint density at radius 3 is 2.62 bits per heavy atom. The van der Waals surface area contributed by atoms with E-state index in [0.717, 1.165) is 33.5 Å². The lowest BCUT2D eigenvalue weighted by Crippen LogP contribution is -2.05. The molecule has 1 N–H and O–H groups in total. The number of hydrogen-bond donors (Lipinski definition) is 1. The maximum absolute atomic E-state index is 10.6. The molecule has 0 amide bonds. The molecule has 0 saturated carbocycles. The fourth-order valence-corrected chi connectivity index (χ4v) is 3.39. The van der Waals surface area contributed by atoms with Crippen LogP contribution in [-0.4, -0.2) is 10.1 Å². The molecule has 1 heterocycles. The van der Waals surface area contributed by atoms with E-state index in [1.807, 2.05) is 42.6 Å². The van der Waals surface area contributed by atoms with Crippen molar-refractivity contribution in [3.05, 3.63) is 88.7 Å². The van der Waals surface area contributed by atoms with Crippen molar-refractivity contribution in [1.29, 1.82) is 5.26 Å². The molecule has 0 radical (unpaired) electrons. The average Bonchev–Trinajstić information content (AvgIpc) is 2.77. The number of aliphatic hydroxyl groups is 1. The zero-order valence-corrected chi connectivity index (χ0v) is 13.1. The van der Waals surface area contributed by atoms with Gasteiger partial charge < -0.3 is 5.11 Å². The van der Waals surface area contributed by atoms with Gasteiger partial charge in [-0.3, -0.25) is 4.98 Å². The third-order valence-electron chi connectivity index (χ3n) is 4.60. The number of aliphatic hydroxyl groups excluding tert-OH is 1. The molecule has 3 aromatic rings. The lowest BCUT2D eigenvalue weighted by Gasteiger charge is -2.12. The van der Waals surface area contributed by atoms with E-state index in [0.29, 0.717) is 18.4 Å². The van der Waals surface area contributed by atoms with Gasteiger partial charge in [-0.05, 0) is 40.8 Å². The van der Waals surface area contributed by atoms with Crippen molar-refractivity contribution in [1.82, 2.24) is 4.98 Å².